The molecule has 1 heterocycles. The Morgan fingerprint density at radius 1 is 1.18 bits per heavy atom. The minimum absolute atomic E-state index is 0.286. The Labute approximate surface area is 134 Å². The van der Waals surface area contributed by atoms with Crippen LogP contribution < -0.4 is 9.64 Å². The first-order valence-electron chi connectivity index (χ1n) is 6.97. The molecule has 1 aliphatic rings. The summed E-state index contributed by atoms with van der Waals surface area (Å²) in [5.74, 6) is 0.664. The van der Waals surface area contributed by atoms with E-state index in [1.807, 2.05) is 42.5 Å². The van der Waals surface area contributed by atoms with Crippen LogP contribution in [0.3, 0.4) is 0 Å². The van der Waals surface area contributed by atoms with Gasteiger partial charge in [-0.15, -0.1) is 0 Å². The molecule has 22 heavy (non-hydrogen) atoms. The summed E-state index contributed by atoms with van der Waals surface area (Å²) in [6.07, 6.45) is 0.671. The zero-order chi connectivity index (χ0) is 15.5. The molecule has 0 fully saturated rings. The molecular weight excluding hydrogens is 300 g/mol. The highest BCUT2D eigenvalue weighted by Crippen LogP contribution is 2.30. The number of halogens is 1. The van der Waals surface area contributed by atoms with Crippen molar-refractivity contribution < 1.29 is 9.53 Å². The number of hydrogen-bond donors (Lipinski definition) is 0. The van der Waals surface area contributed by atoms with E-state index in [9.17, 15) is 4.79 Å². The fraction of sp³-hybridized carbons (Fsp3) is 0.176. The Balaban J connectivity index is 1.90. The second-order valence-corrected chi connectivity index (χ2v) is 5.36. The molecular formula is C17H15ClN2O2. The van der Waals surface area contributed by atoms with Crippen molar-refractivity contribution in [1.82, 2.24) is 0 Å². The fourth-order valence-corrected chi connectivity index (χ4v) is 2.69. The van der Waals surface area contributed by atoms with Crippen LogP contribution in [0.5, 0.6) is 5.75 Å². The molecule has 0 spiro atoms. The largest absolute Gasteiger partial charge is 0.495 e. The molecule has 2 amide bonds. The Hall–Kier alpha value is -2.33. The van der Waals surface area contributed by atoms with Gasteiger partial charge in [-0.3, -0.25) is 4.90 Å². The zero-order valence-electron chi connectivity index (χ0n) is 12.1. The van der Waals surface area contributed by atoms with E-state index >= 15 is 0 Å². The topological polar surface area (TPSA) is 41.9 Å². The second-order valence-electron chi connectivity index (χ2n) is 4.92. The van der Waals surface area contributed by atoms with Gasteiger partial charge in [0, 0.05) is 18.0 Å². The highest BCUT2D eigenvalue weighted by Gasteiger charge is 2.24. The lowest BCUT2D eigenvalue weighted by Gasteiger charge is -2.26. The summed E-state index contributed by atoms with van der Waals surface area (Å²) in [5.41, 5.74) is 2.39. The third kappa shape index (κ3) is 2.83. The van der Waals surface area contributed by atoms with Crippen molar-refractivity contribution >= 4 is 29.0 Å². The molecule has 112 valence electrons. The van der Waals surface area contributed by atoms with Gasteiger partial charge in [0.25, 0.3) is 0 Å². The molecule has 0 saturated heterocycles. The van der Waals surface area contributed by atoms with E-state index in [1.54, 1.807) is 18.1 Å². The lowest BCUT2D eigenvalue weighted by atomic mass is 10.1. The summed E-state index contributed by atoms with van der Waals surface area (Å²) in [4.78, 5) is 18.2. The van der Waals surface area contributed by atoms with Crippen LogP contribution in [0.4, 0.5) is 10.5 Å². The number of urea groups is 1. The van der Waals surface area contributed by atoms with Crippen molar-refractivity contribution in [3.8, 4) is 5.75 Å². The van der Waals surface area contributed by atoms with Gasteiger partial charge in [-0.1, -0.05) is 35.9 Å². The Bertz CT molecular complexity index is 743. The number of aliphatic imine (C=N–C) groups is 1. The van der Waals surface area contributed by atoms with Crippen molar-refractivity contribution in [2.75, 3.05) is 18.6 Å². The Kier molecular flexibility index (Phi) is 4.11. The SMILES string of the molecule is COc1ccccc1N1CCC(c2cccc(Cl)c2)=NC1=O. The van der Waals surface area contributed by atoms with E-state index in [-0.39, 0.29) is 6.03 Å². The van der Waals surface area contributed by atoms with Crippen LogP contribution >= 0.6 is 11.6 Å². The lowest BCUT2D eigenvalue weighted by Crippen LogP contribution is -2.35. The van der Waals surface area contributed by atoms with Crippen LogP contribution in [0.25, 0.3) is 0 Å². The zero-order valence-corrected chi connectivity index (χ0v) is 12.9. The lowest BCUT2D eigenvalue weighted by molar-refractivity contribution is 0.253. The third-order valence-electron chi connectivity index (χ3n) is 3.57. The first kappa shape index (κ1) is 14.6. The van der Waals surface area contributed by atoms with Crippen LogP contribution in [-0.4, -0.2) is 25.4 Å². The van der Waals surface area contributed by atoms with Gasteiger partial charge in [0.1, 0.15) is 5.75 Å². The summed E-state index contributed by atoms with van der Waals surface area (Å²) in [6, 6.07) is 14.6. The number of nitrogens with zero attached hydrogens (tertiary/aromatic N) is 2. The molecule has 0 bridgehead atoms. The van der Waals surface area contributed by atoms with Crippen molar-refractivity contribution in [3.63, 3.8) is 0 Å². The number of hydrogen-bond acceptors (Lipinski definition) is 2. The smallest absolute Gasteiger partial charge is 0.348 e. The van der Waals surface area contributed by atoms with Gasteiger partial charge in [0.05, 0.1) is 18.5 Å². The molecule has 5 heteroatoms. The molecule has 0 aromatic heterocycles. The summed E-state index contributed by atoms with van der Waals surface area (Å²) < 4.78 is 5.31. The van der Waals surface area contributed by atoms with E-state index in [0.29, 0.717) is 23.7 Å². The van der Waals surface area contributed by atoms with Gasteiger partial charge >= 0.3 is 6.03 Å². The predicted molar refractivity (Wildman–Crippen MR) is 88.3 cm³/mol. The van der Waals surface area contributed by atoms with Gasteiger partial charge in [0.2, 0.25) is 0 Å². The summed E-state index contributed by atoms with van der Waals surface area (Å²) in [6.45, 7) is 0.560. The first-order valence-corrected chi connectivity index (χ1v) is 7.35. The molecule has 4 nitrogen and oxygen atoms in total. The standard InChI is InChI=1S/C17H15ClN2O2/c1-22-16-8-3-2-7-15(16)20-10-9-14(19-17(20)21)12-5-4-6-13(18)11-12/h2-8,11H,9-10H2,1H3. The van der Waals surface area contributed by atoms with Crippen molar-refractivity contribution in [2.24, 2.45) is 4.99 Å². The number of rotatable bonds is 3. The number of benzene rings is 2. The predicted octanol–water partition coefficient (Wildman–Crippen LogP) is 4.17. The molecule has 0 N–H and O–H groups in total. The van der Waals surface area contributed by atoms with E-state index in [4.69, 9.17) is 16.3 Å². The molecule has 2 aromatic rings. The highest BCUT2D eigenvalue weighted by atomic mass is 35.5. The van der Waals surface area contributed by atoms with Crippen LogP contribution in [0, 0.1) is 0 Å². The minimum Gasteiger partial charge on any atom is -0.495 e. The number of methoxy groups -OCH3 is 1. The van der Waals surface area contributed by atoms with E-state index < -0.39 is 0 Å². The molecule has 1 aliphatic heterocycles. The summed E-state index contributed by atoms with van der Waals surface area (Å²) in [5, 5.41) is 0.639. The molecule has 3 rings (SSSR count). The third-order valence-corrected chi connectivity index (χ3v) is 3.80. The van der Waals surface area contributed by atoms with Crippen LogP contribution in [-0.2, 0) is 0 Å². The van der Waals surface area contributed by atoms with Crippen molar-refractivity contribution in [3.05, 3.63) is 59.1 Å². The van der Waals surface area contributed by atoms with E-state index in [0.717, 1.165) is 17.0 Å². The minimum atomic E-state index is -0.286. The van der Waals surface area contributed by atoms with E-state index in [2.05, 4.69) is 4.99 Å². The number of carbonyl (C=O) groups excluding carboxylic acids is 1. The maximum absolute atomic E-state index is 12.4. The number of amides is 2. The number of para-hydroxylation sites is 2. The summed E-state index contributed by atoms with van der Waals surface area (Å²) >= 11 is 6.00. The maximum atomic E-state index is 12.4. The second kappa shape index (κ2) is 6.20. The molecule has 0 aliphatic carbocycles. The average molecular weight is 315 g/mol. The Morgan fingerprint density at radius 2 is 2.00 bits per heavy atom. The quantitative estimate of drug-likeness (QED) is 0.853. The monoisotopic (exact) mass is 314 g/mol. The van der Waals surface area contributed by atoms with Crippen LogP contribution in [0.1, 0.15) is 12.0 Å². The first-order chi connectivity index (χ1) is 10.7. The maximum Gasteiger partial charge on any atom is 0.348 e. The molecule has 0 radical (unpaired) electrons. The number of anilines is 1. The van der Waals surface area contributed by atoms with Crippen molar-refractivity contribution in [1.29, 1.82) is 0 Å². The molecule has 0 atom stereocenters. The van der Waals surface area contributed by atoms with E-state index in [1.165, 1.54) is 0 Å². The number of carbonyl (C=O) groups is 1. The van der Waals surface area contributed by atoms with Crippen LogP contribution in [0.2, 0.25) is 5.02 Å². The number of ether oxygens (including phenoxy) is 1. The average Bonchev–Trinajstić information content (AvgIpc) is 2.55. The van der Waals surface area contributed by atoms with Gasteiger partial charge in [-0.05, 0) is 29.8 Å². The Morgan fingerprint density at radius 3 is 2.73 bits per heavy atom. The van der Waals surface area contributed by atoms with Crippen LogP contribution in [0.15, 0.2) is 53.5 Å². The molecule has 0 saturated carbocycles. The van der Waals surface area contributed by atoms with Gasteiger partial charge in [-0.25, -0.2) is 4.79 Å². The highest BCUT2D eigenvalue weighted by molar-refractivity contribution is 6.31. The molecule has 0 unspecified atom stereocenters. The summed E-state index contributed by atoms with van der Waals surface area (Å²) in [7, 11) is 1.59. The fourth-order valence-electron chi connectivity index (χ4n) is 2.50. The van der Waals surface area contributed by atoms with Gasteiger partial charge < -0.3 is 4.74 Å². The molecule has 2 aromatic carbocycles. The normalized spacial score (nSPS) is 14.7. The van der Waals surface area contributed by atoms with Crippen molar-refractivity contribution in [2.45, 2.75) is 6.42 Å². The van der Waals surface area contributed by atoms with Gasteiger partial charge in [-0.2, -0.15) is 4.99 Å². The van der Waals surface area contributed by atoms with Gasteiger partial charge in [0.15, 0.2) is 0 Å².